The molecule has 0 fully saturated rings. The Balaban J connectivity index is 2.46. The second-order valence-corrected chi connectivity index (χ2v) is 6.05. The summed E-state index contributed by atoms with van der Waals surface area (Å²) < 4.78 is 7.45. The molecule has 23 heavy (non-hydrogen) atoms. The van der Waals surface area contributed by atoms with Crippen LogP contribution in [-0.2, 0) is 11.2 Å². The normalized spacial score (nSPS) is 12.2. The minimum absolute atomic E-state index is 0.0156. The molecule has 1 atom stereocenters. The third-order valence-corrected chi connectivity index (χ3v) is 4.18. The number of rotatable bonds is 7. The van der Waals surface area contributed by atoms with Crippen molar-refractivity contribution in [1.29, 1.82) is 0 Å². The minimum atomic E-state index is -0.382. The van der Waals surface area contributed by atoms with Crippen LogP contribution < -0.4 is 0 Å². The molecule has 0 unspecified atom stereocenters. The van der Waals surface area contributed by atoms with E-state index in [9.17, 15) is 9.90 Å². The molecular weight excluding hydrogens is 360 g/mol. The molecule has 1 N–H and O–H groups in total. The summed E-state index contributed by atoms with van der Waals surface area (Å²) in [4.78, 5) is 12.3. The summed E-state index contributed by atoms with van der Waals surface area (Å²) in [7, 11) is 0. The molecular formula is C17H21BrN2O3. The molecule has 124 valence electrons. The Kier molecular flexibility index (Phi) is 6.36. The number of carbonyl (C=O) groups excluding carboxylic acids is 1. The Bertz CT molecular complexity index is 655. The van der Waals surface area contributed by atoms with Crippen LogP contribution in [0.15, 0.2) is 34.9 Å². The number of aromatic nitrogens is 2. The first-order valence-electron chi connectivity index (χ1n) is 7.67. The zero-order valence-electron chi connectivity index (χ0n) is 13.3. The molecule has 6 heteroatoms. The topological polar surface area (TPSA) is 64.3 Å². The lowest BCUT2D eigenvalue weighted by atomic mass is 10.1. The summed E-state index contributed by atoms with van der Waals surface area (Å²) in [5.74, 6) is -0.382. The average molecular weight is 381 g/mol. The van der Waals surface area contributed by atoms with Gasteiger partial charge in [0, 0.05) is 13.0 Å². The molecule has 0 amide bonds. The van der Waals surface area contributed by atoms with Crippen molar-refractivity contribution in [1.82, 2.24) is 9.78 Å². The fraction of sp³-hybridized carbons (Fsp3) is 0.412. The van der Waals surface area contributed by atoms with Gasteiger partial charge in [-0.25, -0.2) is 4.79 Å². The van der Waals surface area contributed by atoms with E-state index in [1.165, 1.54) is 0 Å². The number of ether oxygens (including phenoxy) is 1. The highest BCUT2D eigenvalue weighted by molar-refractivity contribution is 9.10. The Morgan fingerprint density at radius 3 is 2.70 bits per heavy atom. The van der Waals surface area contributed by atoms with Crippen LogP contribution in [0.25, 0.3) is 0 Å². The molecule has 2 rings (SSSR count). The highest BCUT2D eigenvalue weighted by Gasteiger charge is 2.25. The monoisotopic (exact) mass is 380 g/mol. The number of halogens is 1. The van der Waals surface area contributed by atoms with Gasteiger partial charge in [0.05, 0.1) is 18.3 Å². The molecule has 0 radical (unpaired) electrons. The summed E-state index contributed by atoms with van der Waals surface area (Å²) in [6, 6.07) is 9.89. The molecule has 1 aromatic carbocycles. The molecule has 5 nitrogen and oxygen atoms in total. The van der Waals surface area contributed by atoms with E-state index >= 15 is 0 Å². The molecule has 0 spiro atoms. The summed E-state index contributed by atoms with van der Waals surface area (Å²) in [5.41, 5.74) is 2.34. The van der Waals surface area contributed by atoms with Gasteiger partial charge in [-0.2, -0.15) is 5.10 Å². The predicted molar refractivity (Wildman–Crippen MR) is 91.5 cm³/mol. The number of carbonyl (C=O) groups is 1. The van der Waals surface area contributed by atoms with Crippen molar-refractivity contribution in [2.45, 2.75) is 32.7 Å². The number of nitrogens with zero attached hydrogens (tertiary/aromatic N) is 2. The fourth-order valence-corrected chi connectivity index (χ4v) is 3.04. The van der Waals surface area contributed by atoms with Crippen LogP contribution in [0, 0.1) is 0 Å². The first kappa shape index (κ1) is 17.7. The standard InChI is InChI=1S/C17H21BrN2O3/c1-3-23-17(22)15-14(11-13-7-5-4-6-8-13)20(19-16(15)18)12(2)9-10-21/h4-8,12,21H,3,9-11H2,1-2H3/t12-/m0/s1. The number of aliphatic hydroxyl groups is 1. The number of hydrogen-bond donors (Lipinski definition) is 1. The summed E-state index contributed by atoms with van der Waals surface area (Å²) in [5, 5.41) is 13.7. The van der Waals surface area contributed by atoms with Crippen molar-refractivity contribution < 1.29 is 14.6 Å². The molecule has 0 bridgehead atoms. The maximum Gasteiger partial charge on any atom is 0.342 e. The number of esters is 1. The van der Waals surface area contributed by atoms with Gasteiger partial charge in [-0.15, -0.1) is 0 Å². The van der Waals surface area contributed by atoms with Gasteiger partial charge in [-0.05, 0) is 41.8 Å². The first-order valence-corrected chi connectivity index (χ1v) is 8.46. The van der Waals surface area contributed by atoms with E-state index in [0.717, 1.165) is 11.3 Å². The number of aliphatic hydroxyl groups excluding tert-OH is 1. The molecule has 0 saturated carbocycles. The van der Waals surface area contributed by atoms with Gasteiger partial charge < -0.3 is 9.84 Å². The quantitative estimate of drug-likeness (QED) is 0.747. The fourth-order valence-electron chi connectivity index (χ4n) is 2.48. The zero-order valence-corrected chi connectivity index (χ0v) is 14.9. The average Bonchev–Trinajstić information content (AvgIpc) is 2.85. The lowest BCUT2D eigenvalue weighted by molar-refractivity contribution is 0.0524. The van der Waals surface area contributed by atoms with E-state index in [-0.39, 0.29) is 18.6 Å². The molecule has 0 aliphatic rings. The van der Waals surface area contributed by atoms with E-state index in [2.05, 4.69) is 21.0 Å². The lowest BCUT2D eigenvalue weighted by Gasteiger charge is -2.15. The van der Waals surface area contributed by atoms with Crippen molar-refractivity contribution in [3.8, 4) is 0 Å². The summed E-state index contributed by atoms with van der Waals surface area (Å²) >= 11 is 3.38. The van der Waals surface area contributed by atoms with Gasteiger partial charge in [0.2, 0.25) is 0 Å². The van der Waals surface area contributed by atoms with Crippen molar-refractivity contribution in [2.75, 3.05) is 13.2 Å². The van der Waals surface area contributed by atoms with Gasteiger partial charge in [0.1, 0.15) is 10.2 Å². The third-order valence-electron chi connectivity index (χ3n) is 3.63. The van der Waals surface area contributed by atoms with Crippen LogP contribution in [0.2, 0.25) is 0 Å². The largest absolute Gasteiger partial charge is 0.462 e. The second kappa shape index (κ2) is 8.26. The van der Waals surface area contributed by atoms with Crippen LogP contribution in [0.1, 0.15) is 47.9 Å². The summed E-state index contributed by atoms with van der Waals surface area (Å²) in [6.07, 6.45) is 1.14. The van der Waals surface area contributed by atoms with Crippen molar-refractivity contribution >= 4 is 21.9 Å². The maximum absolute atomic E-state index is 12.3. The van der Waals surface area contributed by atoms with E-state index in [1.807, 2.05) is 37.3 Å². The Labute approximate surface area is 144 Å². The number of hydrogen-bond acceptors (Lipinski definition) is 4. The van der Waals surface area contributed by atoms with Crippen molar-refractivity contribution in [3.63, 3.8) is 0 Å². The van der Waals surface area contributed by atoms with Crippen molar-refractivity contribution in [2.24, 2.45) is 0 Å². The van der Waals surface area contributed by atoms with E-state index in [1.54, 1.807) is 11.6 Å². The van der Waals surface area contributed by atoms with Crippen molar-refractivity contribution in [3.05, 3.63) is 51.8 Å². The van der Waals surface area contributed by atoms with Crippen LogP contribution in [-0.4, -0.2) is 34.1 Å². The molecule has 1 heterocycles. The van der Waals surface area contributed by atoms with Gasteiger partial charge in [-0.3, -0.25) is 4.68 Å². The van der Waals surface area contributed by atoms with Gasteiger partial charge >= 0.3 is 5.97 Å². The first-order chi connectivity index (χ1) is 11.1. The van der Waals surface area contributed by atoms with E-state index < -0.39 is 0 Å². The molecule has 0 aliphatic carbocycles. The maximum atomic E-state index is 12.3. The lowest BCUT2D eigenvalue weighted by Crippen LogP contribution is -2.15. The molecule has 1 aromatic heterocycles. The van der Waals surface area contributed by atoms with Crippen LogP contribution in [0.5, 0.6) is 0 Å². The highest BCUT2D eigenvalue weighted by Crippen LogP contribution is 2.27. The highest BCUT2D eigenvalue weighted by atomic mass is 79.9. The minimum Gasteiger partial charge on any atom is -0.462 e. The third kappa shape index (κ3) is 4.20. The zero-order chi connectivity index (χ0) is 16.8. The Hall–Kier alpha value is -1.66. The van der Waals surface area contributed by atoms with Crippen LogP contribution in [0.3, 0.4) is 0 Å². The summed E-state index contributed by atoms with van der Waals surface area (Å²) in [6.45, 7) is 4.13. The molecule has 0 aliphatic heterocycles. The van der Waals surface area contributed by atoms with E-state index in [0.29, 0.717) is 29.6 Å². The smallest absolute Gasteiger partial charge is 0.342 e. The predicted octanol–water partition coefficient (Wildman–Crippen LogP) is 3.36. The van der Waals surface area contributed by atoms with Gasteiger partial charge in [0.15, 0.2) is 0 Å². The SMILES string of the molecule is CCOC(=O)c1c(Br)nn([C@@H](C)CCO)c1Cc1ccccc1. The Morgan fingerprint density at radius 1 is 1.39 bits per heavy atom. The Morgan fingerprint density at radius 2 is 2.09 bits per heavy atom. The van der Waals surface area contributed by atoms with Gasteiger partial charge in [0.25, 0.3) is 0 Å². The van der Waals surface area contributed by atoms with E-state index in [4.69, 9.17) is 4.74 Å². The van der Waals surface area contributed by atoms with Gasteiger partial charge in [-0.1, -0.05) is 30.3 Å². The molecule has 2 aromatic rings. The number of benzene rings is 1. The molecule has 0 saturated heterocycles. The van der Waals surface area contributed by atoms with Crippen LogP contribution in [0.4, 0.5) is 0 Å². The second-order valence-electron chi connectivity index (χ2n) is 5.30. The van der Waals surface area contributed by atoms with Crippen LogP contribution >= 0.6 is 15.9 Å².